The van der Waals surface area contributed by atoms with Crippen LogP contribution in [0.3, 0.4) is 0 Å². The molecule has 7 heteroatoms. The second kappa shape index (κ2) is 6.92. The van der Waals surface area contributed by atoms with E-state index in [0.29, 0.717) is 34.9 Å². The number of hydrogen-bond donors (Lipinski definition) is 1. The van der Waals surface area contributed by atoms with Crippen molar-refractivity contribution in [1.82, 2.24) is 20.2 Å². The highest BCUT2D eigenvalue weighted by molar-refractivity contribution is 5.65. The van der Waals surface area contributed by atoms with Gasteiger partial charge in [-0.2, -0.15) is 10.1 Å². The summed E-state index contributed by atoms with van der Waals surface area (Å²) >= 11 is 0. The molecule has 3 rings (SSSR count). The molecule has 2 aromatic rings. The van der Waals surface area contributed by atoms with Crippen molar-refractivity contribution >= 4 is 0 Å². The molecular weight excluding hydrogens is 318 g/mol. The van der Waals surface area contributed by atoms with E-state index < -0.39 is 0 Å². The molecule has 1 aliphatic carbocycles. The van der Waals surface area contributed by atoms with Gasteiger partial charge in [-0.3, -0.25) is 0 Å². The average molecular weight is 343 g/mol. The van der Waals surface area contributed by atoms with Crippen LogP contribution >= 0.6 is 0 Å². The van der Waals surface area contributed by atoms with E-state index in [1.807, 2.05) is 6.92 Å². The lowest BCUT2D eigenvalue weighted by Gasteiger charge is -2.14. The van der Waals surface area contributed by atoms with Gasteiger partial charge in [0.2, 0.25) is 5.88 Å². The van der Waals surface area contributed by atoms with Gasteiger partial charge in [0.05, 0.1) is 25.5 Å². The summed E-state index contributed by atoms with van der Waals surface area (Å²) in [7, 11) is 3.08. The van der Waals surface area contributed by atoms with Gasteiger partial charge in [0, 0.05) is 12.2 Å². The summed E-state index contributed by atoms with van der Waals surface area (Å²) in [5.41, 5.74) is 9.54. The van der Waals surface area contributed by atoms with E-state index in [1.165, 1.54) is 19.1 Å². The van der Waals surface area contributed by atoms with Crippen LogP contribution in [-0.4, -0.2) is 34.4 Å². The van der Waals surface area contributed by atoms with Crippen LogP contribution in [0.25, 0.3) is 11.3 Å². The molecule has 0 radical (unpaired) electrons. The largest absolute Gasteiger partial charge is 0.480 e. The molecule has 1 aliphatic rings. The fourth-order valence-corrected chi connectivity index (χ4v) is 3.29. The molecule has 25 heavy (non-hydrogen) atoms. The van der Waals surface area contributed by atoms with Crippen molar-refractivity contribution in [2.24, 2.45) is 17.6 Å². The zero-order valence-corrected chi connectivity index (χ0v) is 15.4. The Bertz CT molecular complexity index is 763. The summed E-state index contributed by atoms with van der Waals surface area (Å²) in [6.45, 7) is 6.45. The molecule has 3 atom stereocenters. The molecule has 0 bridgehead atoms. The highest BCUT2D eigenvalue weighted by atomic mass is 16.5. The van der Waals surface area contributed by atoms with Crippen LogP contribution in [0, 0.1) is 11.8 Å². The molecule has 0 aliphatic heterocycles. The third kappa shape index (κ3) is 3.42. The summed E-state index contributed by atoms with van der Waals surface area (Å²) in [6.07, 6.45) is 2.82. The fourth-order valence-electron chi connectivity index (χ4n) is 3.29. The summed E-state index contributed by atoms with van der Waals surface area (Å²) in [6, 6.07) is 2.16. The van der Waals surface area contributed by atoms with Crippen molar-refractivity contribution in [2.45, 2.75) is 39.2 Å². The van der Waals surface area contributed by atoms with E-state index in [0.717, 1.165) is 5.69 Å². The second-order valence-corrected chi connectivity index (χ2v) is 6.89. The number of nitrogens with zero attached hydrogens (tertiary/aromatic N) is 4. The van der Waals surface area contributed by atoms with Crippen LogP contribution < -0.4 is 15.2 Å². The summed E-state index contributed by atoms with van der Waals surface area (Å²) in [5, 5.41) is 8.75. The van der Waals surface area contributed by atoms with Gasteiger partial charge in [-0.15, -0.1) is 5.10 Å². The maximum absolute atomic E-state index is 6.12. The Morgan fingerprint density at radius 1 is 1.16 bits per heavy atom. The summed E-state index contributed by atoms with van der Waals surface area (Å²) in [5.74, 6) is 2.21. The fraction of sp³-hybridized carbons (Fsp3) is 0.556. The molecule has 0 amide bonds. The first-order valence-corrected chi connectivity index (χ1v) is 8.54. The van der Waals surface area contributed by atoms with Crippen molar-refractivity contribution in [3.8, 4) is 23.1 Å². The maximum Gasteiger partial charge on any atom is 0.319 e. The molecule has 2 aromatic heterocycles. The van der Waals surface area contributed by atoms with Crippen molar-refractivity contribution in [2.75, 3.05) is 14.2 Å². The predicted octanol–water partition coefficient (Wildman–Crippen LogP) is 2.73. The predicted molar refractivity (Wildman–Crippen MR) is 94.5 cm³/mol. The van der Waals surface area contributed by atoms with Crippen molar-refractivity contribution < 1.29 is 9.47 Å². The molecule has 1 unspecified atom stereocenters. The summed E-state index contributed by atoms with van der Waals surface area (Å²) < 4.78 is 10.4. The Hall–Kier alpha value is -2.28. The van der Waals surface area contributed by atoms with E-state index in [2.05, 4.69) is 40.1 Å². The zero-order chi connectivity index (χ0) is 18.1. The normalized spacial score (nSPS) is 20.4. The third-order valence-electron chi connectivity index (χ3n) is 4.76. The van der Waals surface area contributed by atoms with Gasteiger partial charge in [-0.25, -0.2) is 4.98 Å². The molecule has 1 saturated carbocycles. The highest BCUT2D eigenvalue weighted by Gasteiger charge is 2.42. The molecule has 0 saturated heterocycles. The van der Waals surface area contributed by atoms with Crippen molar-refractivity contribution in [3.05, 3.63) is 23.5 Å². The molecule has 2 heterocycles. The van der Waals surface area contributed by atoms with Crippen LogP contribution in [0.2, 0.25) is 0 Å². The smallest absolute Gasteiger partial charge is 0.319 e. The second-order valence-electron chi connectivity index (χ2n) is 6.89. The number of ether oxygens (including phenoxy) is 2. The average Bonchev–Trinajstić information content (AvgIpc) is 3.41. The van der Waals surface area contributed by atoms with E-state index in [1.54, 1.807) is 13.3 Å². The molecule has 1 fully saturated rings. The van der Waals surface area contributed by atoms with E-state index >= 15 is 0 Å². The Labute approximate surface area is 148 Å². The first-order valence-electron chi connectivity index (χ1n) is 8.54. The minimum atomic E-state index is -0.154. The van der Waals surface area contributed by atoms with Gasteiger partial charge in [-0.05, 0) is 42.7 Å². The number of hydrogen-bond acceptors (Lipinski definition) is 7. The van der Waals surface area contributed by atoms with Crippen molar-refractivity contribution in [1.29, 1.82) is 0 Å². The first-order chi connectivity index (χ1) is 12.0. The number of methoxy groups -OCH3 is 2. The van der Waals surface area contributed by atoms with Crippen LogP contribution in [0.15, 0.2) is 12.3 Å². The van der Waals surface area contributed by atoms with Crippen LogP contribution in [0.4, 0.5) is 0 Å². The molecular formula is C18H25N5O2. The lowest BCUT2D eigenvalue weighted by molar-refractivity contribution is 0.353. The van der Waals surface area contributed by atoms with Crippen LogP contribution in [-0.2, 0) is 0 Å². The SMILES string of the molecule is COc1ncc(-c2cc([C@H]3C[C@@H]3C(C)C)c(C(C)N)nn2)c(OC)n1. The molecule has 7 nitrogen and oxygen atoms in total. The minimum absolute atomic E-state index is 0.154. The molecule has 0 spiro atoms. The van der Waals surface area contributed by atoms with Crippen LogP contribution in [0.5, 0.6) is 11.9 Å². The van der Waals surface area contributed by atoms with Gasteiger partial charge in [0.25, 0.3) is 0 Å². The van der Waals surface area contributed by atoms with Gasteiger partial charge in [0.1, 0.15) is 5.69 Å². The van der Waals surface area contributed by atoms with Gasteiger partial charge >= 0.3 is 6.01 Å². The number of aromatic nitrogens is 4. The highest BCUT2D eigenvalue weighted by Crippen LogP contribution is 2.53. The summed E-state index contributed by atoms with van der Waals surface area (Å²) in [4.78, 5) is 8.40. The monoisotopic (exact) mass is 343 g/mol. The first kappa shape index (κ1) is 17.5. The Kier molecular flexibility index (Phi) is 4.85. The lowest BCUT2D eigenvalue weighted by Crippen LogP contribution is -2.13. The maximum atomic E-state index is 6.12. The minimum Gasteiger partial charge on any atom is -0.480 e. The van der Waals surface area contributed by atoms with Gasteiger partial charge in [0.15, 0.2) is 0 Å². The van der Waals surface area contributed by atoms with Crippen LogP contribution in [0.1, 0.15) is 50.4 Å². The Morgan fingerprint density at radius 2 is 1.92 bits per heavy atom. The zero-order valence-electron chi connectivity index (χ0n) is 15.4. The third-order valence-corrected chi connectivity index (χ3v) is 4.76. The van der Waals surface area contributed by atoms with Gasteiger partial charge < -0.3 is 15.2 Å². The van der Waals surface area contributed by atoms with E-state index in [-0.39, 0.29) is 12.1 Å². The van der Waals surface area contributed by atoms with E-state index in [4.69, 9.17) is 15.2 Å². The van der Waals surface area contributed by atoms with E-state index in [9.17, 15) is 0 Å². The quantitative estimate of drug-likeness (QED) is 0.861. The topological polar surface area (TPSA) is 96.0 Å². The molecule has 2 N–H and O–H groups in total. The standard InChI is InChI=1S/C18H25N5O2/c1-9(2)11-6-12(11)13-7-15(22-23-16(13)10(3)19)14-8-20-18(25-5)21-17(14)24-4/h7-12H,6,19H2,1-5H3/t10?,11-,12+/m1/s1. The number of nitrogens with two attached hydrogens (primary N) is 1. The molecule has 0 aromatic carbocycles. The Balaban J connectivity index is 2.04. The lowest BCUT2D eigenvalue weighted by atomic mass is 9.98. The molecule has 134 valence electrons. The van der Waals surface area contributed by atoms with Crippen molar-refractivity contribution in [3.63, 3.8) is 0 Å². The Morgan fingerprint density at radius 3 is 2.48 bits per heavy atom. The number of rotatable bonds is 6. The van der Waals surface area contributed by atoms with Gasteiger partial charge in [-0.1, -0.05) is 13.8 Å².